The van der Waals surface area contributed by atoms with Gasteiger partial charge in [-0.3, -0.25) is 0 Å². The van der Waals surface area contributed by atoms with Crippen molar-refractivity contribution in [1.82, 2.24) is 10.2 Å². The van der Waals surface area contributed by atoms with Gasteiger partial charge in [-0.15, -0.1) is 0 Å². The number of nitrogens with one attached hydrogen (secondary N) is 1. The Morgan fingerprint density at radius 1 is 1.29 bits per heavy atom. The third-order valence-corrected chi connectivity index (χ3v) is 3.61. The van der Waals surface area contributed by atoms with Crippen molar-refractivity contribution in [1.29, 1.82) is 0 Å². The first-order valence-corrected chi connectivity index (χ1v) is 6.47. The van der Waals surface area contributed by atoms with Gasteiger partial charge < -0.3 is 10.2 Å². The second kappa shape index (κ2) is 6.59. The Morgan fingerprint density at radius 2 is 1.94 bits per heavy atom. The molecule has 0 aromatic rings. The zero-order valence-electron chi connectivity index (χ0n) is 10.7. The molecule has 5 heteroatoms. The van der Waals surface area contributed by atoms with Crippen molar-refractivity contribution < 1.29 is 13.2 Å². The standard InChI is InChI=1S/C12H23F3N2/c1-3-10(4-2)8-17-6-5-16-7-11(9-17)12(13,14)15/h10-11,16H,3-9H2,1-2H3. The molecule has 0 bridgehead atoms. The molecule has 17 heavy (non-hydrogen) atoms. The third-order valence-electron chi connectivity index (χ3n) is 3.61. The summed E-state index contributed by atoms with van der Waals surface area (Å²) in [6.45, 7) is 6.59. The Hall–Kier alpha value is -0.290. The zero-order chi connectivity index (χ0) is 12.9. The van der Waals surface area contributed by atoms with E-state index in [1.807, 2.05) is 4.90 Å². The van der Waals surface area contributed by atoms with E-state index in [0.29, 0.717) is 12.5 Å². The van der Waals surface area contributed by atoms with Gasteiger partial charge in [-0.05, 0) is 5.92 Å². The maximum atomic E-state index is 12.7. The first-order valence-electron chi connectivity index (χ1n) is 6.47. The van der Waals surface area contributed by atoms with Crippen LogP contribution in [0.2, 0.25) is 0 Å². The zero-order valence-corrected chi connectivity index (χ0v) is 10.7. The lowest BCUT2D eigenvalue weighted by Gasteiger charge is -2.28. The van der Waals surface area contributed by atoms with Crippen LogP contribution in [-0.4, -0.2) is 43.8 Å². The second-order valence-corrected chi connectivity index (χ2v) is 4.88. The van der Waals surface area contributed by atoms with E-state index in [1.54, 1.807) is 0 Å². The molecule has 1 rings (SSSR count). The van der Waals surface area contributed by atoms with Crippen molar-refractivity contribution in [3.63, 3.8) is 0 Å². The first kappa shape index (κ1) is 14.8. The summed E-state index contributed by atoms with van der Waals surface area (Å²) < 4.78 is 38.2. The van der Waals surface area contributed by atoms with E-state index in [9.17, 15) is 13.2 Å². The summed E-state index contributed by atoms with van der Waals surface area (Å²) >= 11 is 0. The van der Waals surface area contributed by atoms with Gasteiger partial charge in [0.05, 0.1) is 5.92 Å². The van der Waals surface area contributed by atoms with Gasteiger partial charge in [0.2, 0.25) is 0 Å². The molecule has 0 aromatic carbocycles. The number of hydrogen-bond donors (Lipinski definition) is 1. The Kier molecular flexibility index (Phi) is 5.73. The number of rotatable bonds is 4. The van der Waals surface area contributed by atoms with Crippen LogP contribution in [0.5, 0.6) is 0 Å². The lowest BCUT2D eigenvalue weighted by molar-refractivity contribution is -0.176. The van der Waals surface area contributed by atoms with Crippen LogP contribution in [0.25, 0.3) is 0 Å². The molecule has 1 fully saturated rings. The fourth-order valence-corrected chi connectivity index (χ4v) is 2.28. The minimum absolute atomic E-state index is 0.0584. The van der Waals surface area contributed by atoms with E-state index in [4.69, 9.17) is 0 Å². The molecule has 0 saturated carbocycles. The van der Waals surface area contributed by atoms with Crippen molar-refractivity contribution in [2.45, 2.75) is 32.9 Å². The maximum Gasteiger partial charge on any atom is 0.394 e. The van der Waals surface area contributed by atoms with E-state index in [2.05, 4.69) is 19.2 Å². The average molecular weight is 252 g/mol. The summed E-state index contributed by atoms with van der Waals surface area (Å²) in [5, 5.41) is 2.88. The number of hydrogen-bond acceptors (Lipinski definition) is 2. The molecule has 0 aliphatic carbocycles. The van der Waals surface area contributed by atoms with Crippen LogP contribution in [-0.2, 0) is 0 Å². The van der Waals surface area contributed by atoms with Crippen LogP contribution >= 0.6 is 0 Å². The topological polar surface area (TPSA) is 15.3 Å². The normalized spacial score (nSPS) is 24.0. The van der Waals surface area contributed by atoms with E-state index in [1.165, 1.54) is 0 Å². The van der Waals surface area contributed by atoms with Crippen LogP contribution in [0.1, 0.15) is 26.7 Å². The quantitative estimate of drug-likeness (QED) is 0.827. The maximum absolute atomic E-state index is 12.7. The molecule has 2 nitrogen and oxygen atoms in total. The van der Waals surface area contributed by atoms with E-state index in [-0.39, 0.29) is 13.1 Å². The summed E-state index contributed by atoms with van der Waals surface area (Å²) in [7, 11) is 0. The third kappa shape index (κ3) is 4.84. The molecule has 1 aliphatic heterocycles. The Balaban J connectivity index is 2.54. The van der Waals surface area contributed by atoms with Gasteiger partial charge in [0.1, 0.15) is 0 Å². The van der Waals surface area contributed by atoms with Crippen molar-refractivity contribution in [2.75, 3.05) is 32.7 Å². The van der Waals surface area contributed by atoms with Crippen molar-refractivity contribution >= 4 is 0 Å². The molecule has 0 spiro atoms. The summed E-state index contributed by atoms with van der Waals surface area (Å²) in [6, 6.07) is 0. The largest absolute Gasteiger partial charge is 0.394 e. The van der Waals surface area contributed by atoms with Crippen LogP contribution in [0.3, 0.4) is 0 Å². The molecule has 0 amide bonds. The van der Waals surface area contributed by atoms with Crippen LogP contribution < -0.4 is 5.32 Å². The van der Waals surface area contributed by atoms with Crippen LogP contribution in [0.15, 0.2) is 0 Å². The lowest BCUT2D eigenvalue weighted by Crippen LogP contribution is -2.39. The van der Waals surface area contributed by atoms with E-state index in [0.717, 1.165) is 25.9 Å². The molecule has 0 aromatic heterocycles. The highest BCUT2D eigenvalue weighted by molar-refractivity contribution is 4.79. The van der Waals surface area contributed by atoms with Crippen molar-refractivity contribution in [3.05, 3.63) is 0 Å². The van der Waals surface area contributed by atoms with Gasteiger partial charge in [0.15, 0.2) is 0 Å². The molecule has 1 saturated heterocycles. The number of halogens is 3. The molecule has 102 valence electrons. The highest BCUT2D eigenvalue weighted by Gasteiger charge is 2.41. The molecule has 1 aliphatic rings. The average Bonchev–Trinajstić information content (AvgIpc) is 2.50. The van der Waals surface area contributed by atoms with E-state index < -0.39 is 12.1 Å². The predicted octanol–water partition coefficient (Wildman–Crippen LogP) is 2.51. The Morgan fingerprint density at radius 3 is 2.47 bits per heavy atom. The van der Waals surface area contributed by atoms with Gasteiger partial charge in [-0.2, -0.15) is 13.2 Å². The molecule has 0 radical (unpaired) electrons. The molecule has 1 N–H and O–H groups in total. The van der Waals surface area contributed by atoms with Crippen LogP contribution in [0, 0.1) is 11.8 Å². The SMILES string of the molecule is CCC(CC)CN1CCNCC(C(F)(F)F)C1. The Bertz CT molecular complexity index is 214. The minimum atomic E-state index is -4.08. The summed E-state index contributed by atoms with van der Waals surface area (Å²) in [5.41, 5.74) is 0. The second-order valence-electron chi connectivity index (χ2n) is 4.88. The van der Waals surface area contributed by atoms with Gasteiger partial charge >= 0.3 is 6.18 Å². The lowest BCUT2D eigenvalue weighted by atomic mass is 10.0. The predicted molar refractivity (Wildman–Crippen MR) is 62.9 cm³/mol. The first-order chi connectivity index (χ1) is 7.97. The smallest absolute Gasteiger partial charge is 0.315 e. The van der Waals surface area contributed by atoms with Crippen molar-refractivity contribution in [2.24, 2.45) is 11.8 Å². The number of alkyl halides is 3. The fraction of sp³-hybridized carbons (Fsp3) is 1.00. The van der Waals surface area contributed by atoms with E-state index >= 15 is 0 Å². The molecule has 1 unspecified atom stereocenters. The van der Waals surface area contributed by atoms with Gasteiger partial charge in [0.25, 0.3) is 0 Å². The van der Waals surface area contributed by atoms with Crippen LogP contribution in [0.4, 0.5) is 13.2 Å². The van der Waals surface area contributed by atoms with Gasteiger partial charge in [-0.1, -0.05) is 26.7 Å². The molecular formula is C12H23F3N2. The summed E-state index contributed by atoms with van der Waals surface area (Å²) in [6.07, 6.45) is -2.00. The molecule has 1 heterocycles. The summed E-state index contributed by atoms with van der Waals surface area (Å²) in [4.78, 5) is 1.97. The minimum Gasteiger partial charge on any atom is -0.315 e. The summed E-state index contributed by atoms with van der Waals surface area (Å²) in [5.74, 6) is -0.707. The van der Waals surface area contributed by atoms with Gasteiger partial charge in [0, 0.05) is 32.7 Å². The number of nitrogens with zero attached hydrogens (tertiary/aromatic N) is 1. The molecular weight excluding hydrogens is 229 g/mol. The highest BCUT2D eigenvalue weighted by Crippen LogP contribution is 2.27. The van der Waals surface area contributed by atoms with Crippen molar-refractivity contribution in [3.8, 4) is 0 Å². The van der Waals surface area contributed by atoms with Gasteiger partial charge in [-0.25, -0.2) is 0 Å². The fourth-order valence-electron chi connectivity index (χ4n) is 2.28. The molecule has 1 atom stereocenters. The highest BCUT2D eigenvalue weighted by atomic mass is 19.4. The monoisotopic (exact) mass is 252 g/mol. The Labute approximate surface area is 102 Å².